The molecule has 0 unspecified atom stereocenters. The van der Waals surface area contributed by atoms with E-state index in [-0.39, 0.29) is 12.4 Å². The van der Waals surface area contributed by atoms with Crippen molar-refractivity contribution >= 4 is 11.0 Å². The summed E-state index contributed by atoms with van der Waals surface area (Å²) in [5.41, 5.74) is 2.54. The van der Waals surface area contributed by atoms with Gasteiger partial charge in [-0.25, -0.2) is 9.37 Å². The number of aliphatic hydroxyl groups is 1. The zero-order chi connectivity index (χ0) is 14.7. The summed E-state index contributed by atoms with van der Waals surface area (Å²) in [5, 5.41) is 9.03. The maximum atomic E-state index is 13.9. The van der Waals surface area contributed by atoms with E-state index < -0.39 is 0 Å². The predicted octanol–water partition coefficient (Wildman–Crippen LogP) is 3.15. The van der Waals surface area contributed by atoms with Crippen LogP contribution in [-0.2, 0) is 13.0 Å². The van der Waals surface area contributed by atoms with Gasteiger partial charge in [0.15, 0.2) is 0 Å². The summed E-state index contributed by atoms with van der Waals surface area (Å²) >= 11 is 0. The third-order valence-corrected chi connectivity index (χ3v) is 3.58. The average molecular weight is 284 g/mol. The van der Waals surface area contributed by atoms with Crippen LogP contribution in [0.15, 0.2) is 48.5 Å². The Morgan fingerprint density at radius 3 is 2.62 bits per heavy atom. The molecule has 4 heteroatoms. The lowest BCUT2D eigenvalue weighted by Gasteiger charge is -2.10. The highest BCUT2D eigenvalue weighted by atomic mass is 19.1. The minimum Gasteiger partial charge on any atom is -0.396 e. The third-order valence-electron chi connectivity index (χ3n) is 3.58. The summed E-state index contributed by atoms with van der Waals surface area (Å²) in [6, 6.07) is 14.6. The number of nitrogens with zero attached hydrogens (tertiary/aromatic N) is 2. The third kappa shape index (κ3) is 2.81. The molecule has 1 heterocycles. The van der Waals surface area contributed by atoms with E-state index in [1.807, 2.05) is 34.9 Å². The molecule has 0 atom stereocenters. The quantitative estimate of drug-likeness (QED) is 0.781. The molecule has 3 nitrogen and oxygen atoms in total. The van der Waals surface area contributed by atoms with Crippen LogP contribution in [0.5, 0.6) is 0 Å². The summed E-state index contributed by atoms with van der Waals surface area (Å²) in [5.74, 6) is 0.678. The molecule has 108 valence electrons. The topological polar surface area (TPSA) is 38.1 Å². The lowest BCUT2D eigenvalue weighted by Crippen LogP contribution is -2.07. The molecule has 0 fully saturated rings. The monoisotopic (exact) mass is 284 g/mol. The van der Waals surface area contributed by atoms with Gasteiger partial charge >= 0.3 is 0 Å². The van der Waals surface area contributed by atoms with Crippen molar-refractivity contribution in [1.82, 2.24) is 9.55 Å². The molecule has 0 saturated carbocycles. The van der Waals surface area contributed by atoms with Crippen LogP contribution < -0.4 is 0 Å². The van der Waals surface area contributed by atoms with Crippen LogP contribution in [0.25, 0.3) is 11.0 Å². The molecule has 1 N–H and O–H groups in total. The highest BCUT2D eigenvalue weighted by Gasteiger charge is 2.12. The Morgan fingerprint density at radius 1 is 1.05 bits per heavy atom. The lowest BCUT2D eigenvalue weighted by molar-refractivity contribution is 0.287. The van der Waals surface area contributed by atoms with Gasteiger partial charge in [0.25, 0.3) is 0 Å². The fraction of sp³-hybridized carbons (Fsp3) is 0.235. The van der Waals surface area contributed by atoms with Crippen LogP contribution in [0.1, 0.15) is 17.8 Å². The number of hydrogen-bond donors (Lipinski definition) is 1. The van der Waals surface area contributed by atoms with E-state index in [1.54, 1.807) is 12.1 Å². The molecule has 1 aromatic heterocycles. The van der Waals surface area contributed by atoms with Gasteiger partial charge in [0, 0.05) is 18.6 Å². The average Bonchev–Trinajstić information content (AvgIpc) is 2.85. The summed E-state index contributed by atoms with van der Waals surface area (Å²) in [4.78, 5) is 4.61. The van der Waals surface area contributed by atoms with Crippen LogP contribution in [0, 0.1) is 5.82 Å². The molecule has 21 heavy (non-hydrogen) atoms. The molecule has 3 aromatic rings. The van der Waals surface area contributed by atoms with E-state index in [9.17, 15) is 4.39 Å². The maximum Gasteiger partial charge on any atom is 0.128 e. The molecule has 0 aliphatic heterocycles. The van der Waals surface area contributed by atoms with Gasteiger partial charge in [-0.05, 0) is 24.6 Å². The Labute approximate surface area is 122 Å². The zero-order valence-corrected chi connectivity index (χ0v) is 11.7. The number of aromatic nitrogens is 2. The van der Waals surface area contributed by atoms with Crippen LogP contribution in [-0.4, -0.2) is 21.3 Å². The number of aryl methyl sites for hydroxylation is 1. The van der Waals surface area contributed by atoms with Gasteiger partial charge in [-0.3, -0.25) is 0 Å². The normalized spacial score (nSPS) is 11.1. The fourth-order valence-electron chi connectivity index (χ4n) is 2.53. The van der Waals surface area contributed by atoms with Crippen LogP contribution in [0.4, 0.5) is 4.39 Å². The van der Waals surface area contributed by atoms with Crippen LogP contribution in [0.3, 0.4) is 0 Å². The summed E-state index contributed by atoms with van der Waals surface area (Å²) < 4.78 is 15.9. The number of benzene rings is 2. The molecule has 0 saturated heterocycles. The number of hydrogen-bond acceptors (Lipinski definition) is 2. The van der Waals surface area contributed by atoms with E-state index in [0.29, 0.717) is 24.9 Å². The number of imidazole rings is 1. The molecule has 0 aliphatic carbocycles. The number of aliphatic hydroxyl groups excluding tert-OH is 1. The minimum absolute atomic E-state index is 0.128. The van der Waals surface area contributed by atoms with Crippen LogP contribution >= 0.6 is 0 Å². The Bertz CT molecular complexity index is 751. The van der Waals surface area contributed by atoms with Crippen molar-refractivity contribution in [2.45, 2.75) is 19.4 Å². The molecule has 2 aromatic carbocycles. The van der Waals surface area contributed by atoms with Gasteiger partial charge in [0.05, 0.1) is 17.6 Å². The van der Waals surface area contributed by atoms with Gasteiger partial charge in [0.1, 0.15) is 11.6 Å². The van der Waals surface area contributed by atoms with E-state index in [4.69, 9.17) is 5.11 Å². The van der Waals surface area contributed by atoms with E-state index >= 15 is 0 Å². The van der Waals surface area contributed by atoms with Gasteiger partial charge < -0.3 is 9.67 Å². The molecule has 0 bridgehead atoms. The summed E-state index contributed by atoms with van der Waals surface area (Å²) in [6.07, 6.45) is 1.33. The molecular formula is C17H17FN2O. The molecule has 0 radical (unpaired) electrons. The Morgan fingerprint density at radius 2 is 1.81 bits per heavy atom. The molecule has 3 rings (SSSR count). The standard InChI is InChI=1S/C17H17FN2O/c18-14-7-2-1-6-13(14)12-20-16-9-4-3-8-15(16)19-17(20)10-5-11-21/h1-4,6-9,21H,5,10-12H2. The second-order valence-corrected chi connectivity index (χ2v) is 5.02. The SMILES string of the molecule is OCCCc1nc2ccccc2n1Cc1ccccc1F. The van der Waals surface area contributed by atoms with Crippen molar-refractivity contribution in [3.8, 4) is 0 Å². The minimum atomic E-state index is -0.205. The summed E-state index contributed by atoms with van der Waals surface area (Å²) in [6.45, 7) is 0.580. The maximum absolute atomic E-state index is 13.9. The van der Waals surface area contributed by atoms with Gasteiger partial charge in [-0.15, -0.1) is 0 Å². The van der Waals surface area contributed by atoms with Gasteiger partial charge in [-0.2, -0.15) is 0 Å². The zero-order valence-electron chi connectivity index (χ0n) is 11.7. The Kier molecular flexibility index (Phi) is 3.97. The largest absolute Gasteiger partial charge is 0.396 e. The smallest absolute Gasteiger partial charge is 0.128 e. The highest BCUT2D eigenvalue weighted by Crippen LogP contribution is 2.20. The first kappa shape index (κ1) is 13.8. The van der Waals surface area contributed by atoms with Crippen molar-refractivity contribution in [3.05, 3.63) is 65.7 Å². The van der Waals surface area contributed by atoms with E-state index in [1.165, 1.54) is 6.07 Å². The van der Waals surface area contributed by atoms with Crippen molar-refractivity contribution in [3.63, 3.8) is 0 Å². The summed E-state index contributed by atoms with van der Waals surface area (Å²) in [7, 11) is 0. The number of rotatable bonds is 5. The first-order chi connectivity index (χ1) is 10.3. The molecule has 0 spiro atoms. The molecule has 0 aliphatic rings. The Hall–Kier alpha value is -2.20. The van der Waals surface area contributed by atoms with Gasteiger partial charge in [0.2, 0.25) is 0 Å². The van der Waals surface area contributed by atoms with Gasteiger partial charge in [-0.1, -0.05) is 30.3 Å². The highest BCUT2D eigenvalue weighted by molar-refractivity contribution is 5.76. The number of halogens is 1. The Balaban J connectivity index is 2.04. The second-order valence-electron chi connectivity index (χ2n) is 5.02. The van der Waals surface area contributed by atoms with Crippen LogP contribution in [0.2, 0.25) is 0 Å². The molecule has 0 amide bonds. The van der Waals surface area contributed by atoms with Crippen molar-refractivity contribution in [1.29, 1.82) is 0 Å². The first-order valence-corrected chi connectivity index (χ1v) is 7.08. The first-order valence-electron chi connectivity index (χ1n) is 7.08. The number of para-hydroxylation sites is 2. The predicted molar refractivity (Wildman–Crippen MR) is 80.6 cm³/mol. The van der Waals surface area contributed by atoms with E-state index in [0.717, 1.165) is 16.9 Å². The number of fused-ring (bicyclic) bond motifs is 1. The molecular weight excluding hydrogens is 267 g/mol. The lowest BCUT2D eigenvalue weighted by atomic mass is 10.2. The van der Waals surface area contributed by atoms with Crippen molar-refractivity contribution < 1.29 is 9.50 Å². The van der Waals surface area contributed by atoms with Crippen molar-refractivity contribution in [2.75, 3.05) is 6.61 Å². The fourth-order valence-corrected chi connectivity index (χ4v) is 2.53. The van der Waals surface area contributed by atoms with E-state index in [2.05, 4.69) is 4.98 Å². The van der Waals surface area contributed by atoms with Crippen molar-refractivity contribution in [2.24, 2.45) is 0 Å². The second kappa shape index (κ2) is 6.06.